The molecule has 3 heterocycles. The predicted molar refractivity (Wildman–Crippen MR) is 143 cm³/mol. The van der Waals surface area contributed by atoms with E-state index in [9.17, 15) is 4.79 Å². The van der Waals surface area contributed by atoms with Gasteiger partial charge in [0.25, 0.3) is 0 Å². The summed E-state index contributed by atoms with van der Waals surface area (Å²) in [6, 6.07) is 0. The van der Waals surface area contributed by atoms with Crippen LogP contribution in [0.5, 0.6) is 0 Å². The number of hydrogen-bond acceptors (Lipinski definition) is 4. The molecule has 5 nitrogen and oxygen atoms in total. The van der Waals surface area contributed by atoms with Crippen molar-refractivity contribution in [1.82, 2.24) is 4.90 Å². The van der Waals surface area contributed by atoms with E-state index in [4.69, 9.17) is 14.2 Å². The van der Waals surface area contributed by atoms with Crippen LogP contribution in [0.2, 0.25) is 0 Å². The minimum absolute atomic E-state index is 0.0623. The molecule has 7 rings (SSSR count). The van der Waals surface area contributed by atoms with Crippen LogP contribution in [0.15, 0.2) is 11.6 Å². The van der Waals surface area contributed by atoms with E-state index in [1.54, 1.807) is 5.57 Å². The van der Waals surface area contributed by atoms with Crippen LogP contribution in [0.4, 0.5) is 4.79 Å². The number of allylic oxidation sites excluding steroid dienone is 1. The lowest BCUT2D eigenvalue weighted by Gasteiger charge is -2.58. The summed E-state index contributed by atoms with van der Waals surface area (Å²) in [5.74, 6) is 3.74. The van der Waals surface area contributed by atoms with Crippen molar-refractivity contribution < 1.29 is 19.0 Å². The van der Waals surface area contributed by atoms with Gasteiger partial charge in [0.15, 0.2) is 5.79 Å². The molecule has 1 amide bonds. The first kappa shape index (κ1) is 24.9. The molecule has 0 aromatic carbocycles. The molecule has 37 heavy (non-hydrogen) atoms. The summed E-state index contributed by atoms with van der Waals surface area (Å²) in [4.78, 5) is 14.6. The van der Waals surface area contributed by atoms with Gasteiger partial charge in [0.05, 0.1) is 12.7 Å². The maximum absolute atomic E-state index is 12.7. The lowest BCUT2D eigenvalue weighted by Crippen LogP contribution is -2.52. The quantitative estimate of drug-likeness (QED) is 0.357. The lowest BCUT2D eigenvalue weighted by atomic mass is 9.47. The third-order valence-corrected chi connectivity index (χ3v) is 13.0. The van der Waals surface area contributed by atoms with Crippen molar-refractivity contribution in [2.24, 2.45) is 46.3 Å². The molecule has 0 radical (unpaired) electrons. The van der Waals surface area contributed by atoms with Gasteiger partial charge in [0, 0.05) is 31.8 Å². The molecular formula is C32H49NO4. The van der Waals surface area contributed by atoms with E-state index in [-0.39, 0.29) is 23.4 Å². The Labute approximate surface area is 224 Å². The van der Waals surface area contributed by atoms with Crippen molar-refractivity contribution in [3.8, 4) is 0 Å². The molecule has 7 aliphatic rings. The Kier molecular flexibility index (Phi) is 5.87. The second-order valence-corrected chi connectivity index (χ2v) is 14.7. The number of hydrogen-bond donors (Lipinski definition) is 0. The largest absolute Gasteiger partial charge is 0.446 e. The molecule has 6 fully saturated rings. The Bertz CT molecular complexity index is 948. The van der Waals surface area contributed by atoms with Crippen molar-refractivity contribution in [3.05, 3.63) is 11.6 Å². The minimum Gasteiger partial charge on any atom is -0.446 e. The Morgan fingerprint density at radius 2 is 1.86 bits per heavy atom. The summed E-state index contributed by atoms with van der Waals surface area (Å²) < 4.78 is 19.5. The molecule has 206 valence electrons. The van der Waals surface area contributed by atoms with Crippen molar-refractivity contribution in [1.29, 1.82) is 0 Å². The maximum Gasteiger partial charge on any atom is 0.410 e. The number of likely N-dealkylation sites (tertiary alicyclic amines) is 1. The number of carbonyl (C=O) groups is 1. The van der Waals surface area contributed by atoms with Gasteiger partial charge in [-0.25, -0.2) is 4.79 Å². The monoisotopic (exact) mass is 511 g/mol. The van der Waals surface area contributed by atoms with Crippen LogP contribution in [0.25, 0.3) is 0 Å². The van der Waals surface area contributed by atoms with Crippen LogP contribution in [-0.4, -0.2) is 48.7 Å². The van der Waals surface area contributed by atoms with Crippen LogP contribution < -0.4 is 0 Å². The third-order valence-electron chi connectivity index (χ3n) is 13.0. The highest BCUT2D eigenvalue weighted by Gasteiger charge is 2.68. The normalized spacial score (nSPS) is 52.8. The summed E-state index contributed by atoms with van der Waals surface area (Å²) >= 11 is 0. The van der Waals surface area contributed by atoms with E-state index in [0.29, 0.717) is 29.3 Å². The van der Waals surface area contributed by atoms with E-state index < -0.39 is 0 Å². The fourth-order valence-corrected chi connectivity index (χ4v) is 10.9. The summed E-state index contributed by atoms with van der Waals surface area (Å²) in [5.41, 5.74) is 2.23. The van der Waals surface area contributed by atoms with Gasteiger partial charge >= 0.3 is 6.09 Å². The van der Waals surface area contributed by atoms with Crippen molar-refractivity contribution in [2.75, 3.05) is 19.7 Å². The van der Waals surface area contributed by atoms with E-state index in [2.05, 4.69) is 33.8 Å². The standard InChI is InChI=1S/C32H49NO4/c1-20-9-14-32(35-19-20)21(2)28-27(37-32)18-26-24-8-7-22-17-23(36-29(34)33-15-5-6-16-33)10-12-30(22,3)25(24)11-13-31(26,28)4/h7,20-21,23-28H,5-6,8-19H2,1-4H3/t20-,21+,23+,24-,25+,26+,27+,28+,30+,31+,32-/m1/s1. The van der Waals surface area contributed by atoms with Crippen molar-refractivity contribution in [3.63, 3.8) is 0 Å². The van der Waals surface area contributed by atoms with E-state index in [1.165, 1.54) is 32.1 Å². The number of nitrogens with zero attached hydrogens (tertiary/aromatic N) is 1. The minimum atomic E-state index is -0.316. The number of ether oxygens (including phenoxy) is 3. The Morgan fingerprint density at radius 1 is 1.05 bits per heavy atom. The third kappa shape index (κ3) is 3.65. The molecule has 0 bridgehead atoms. The molecule has 0 aromatic rings. The van der Waals surface area contributed by atoms with Gasteiger partial charge in [-0.05, 0) is 98.2 Å². The average molecular weight is 512 g/mol. The van der Waals surface area contributed by atoms with Gasteiger partial charge in [-0.1, -0.05) is 39.3 Å². The molecule has 5 heteroatoms. The smallest absolute Gasteiger partial charge is 0.410 e. The molecule has 0 N–H and O–H groups in total. The summed E-state index contributed by atoms with van der Waals surface area (Å²) in [6.07, 6.45) is 15.7. The van der Waals surface area contributed by atoms with Gasteiger partial charge in [0.2, 0.25) is 0 Å². The zero-order chi connectivity index (χ0) is 25.6. The van der Waals surface area contributed by atoms with E-state index >= 15 is 0 Å². The predicted octanol–water partition coefficient (Wildman–Crippen LogP) is 6.95. The molecule has 4 aliphatic carbocycles. The van der Waals surface area contributed by atoms with Crippen LogP contribution >= 0.6 is 0 Å². The van der Waals surface area contributed by atoms with Gasteiger partial charge in [-0.15, -0.1) is 0 Å². The molecular weight excluding hydrogens is 462 g/mol. The molecule has 3 aliphatic heterocycles. The molecule has 1 spiro atoms. The first-order valence-corrected chi connectivity index (χ1v) is 15.7. The van der Waals surface area contributed by atoms with Crippen molar-refractivity contribution >= 4 is 6.09 Å². The maximum atomic E-state index is 12.7. The summed E-state index contributed by atoms with van der Waals surface area (Å²) in [5, 5.41) is 0. The van der Waals surface area contributed by atoms with Crippen LogP contribution in [0.1, 0.15) is 98.3 Å². The Morgan fingerprint density at radius 3 is 2.62 bits per heavy atom. The van der Waals surface area contributed by atoms with Crippen molar-refractivity contribution in [2.45, 2.75) is 116 Å². The summed E-state index contributed by atoms with van der Waals surface area (Å²) in [6.45, 7) is 12.5. The molecule has 3 saturated carbocycles. The van der Waals surface area contributed by atoms with E-state index in [1.807, 2.05) is 4.90 Å². The van der Waals surface area contributed by atoms with Gasteiger partial charge < -0.3 is 19.1 Å². The number of carbonyl (C=O) groups excluding carboxylic acids is 1. The van der Waals surface area contributed by atoms with Gasteiger partial charge in [-0.3, -0.25) is 0 Å². The number of amides is 1. The highest BCUT2D eigenvalue weighted by molar-refractivity contribution is 5.68. The van der Waals surface area contributed by atoms with Gasteiger partial charge in [0.1, 0.15) is 6.10 Å². The topological polar surface area (TPSA) is 48.0 Å². The molecule has 11 atom stereocenters. The SMILES string of the molecule is C[C@@H]1CC[C@@]2(OC1)O[C@H]1C[C@H]3[C@@H]4CC=C5C[C@@H](OC(=O)N6CCCC6)CC[C@]5(C)[C@H]4CC[C@]3(C)[C@H]1[C@@H]2C. The highest BCUT2D eigenvalue weighted by atomic mass is 16.7. The second kappa shape index (κ2) is 8.71. The average Bonchev–Trinajstić information content (AvgIpc) is 3.57. The van der Waals surface area contributed by atoms with E-state index in [0.717, 1.165) is 76.0 Å². The molecule has 0 aromatic heterocycles. The fourth-order valence-electron chi connectivity index (χ4n) is 10.9. The fraction of sp³-hybridized carbons (Fsp3) is 0.906. The van der Waals surface area contributed by atoms with Crippen LogP contribution in [0, 0.1) is 46.3 Å². The molecule has 3 saturated heterocycles. The Hall–Kier alpha value is -1.07. The number of rotatable bonds is 1. The zero-order valence-electron chi connectivity index (χ0n) is 23.7. The number of fused-ring (bicyclic) bond motifs is 7. The molecule has 0 unspecified atom stereocenters. The lowest BCUT2D eigenvalue weighted by molar-refractivity contribution is -0.272. The van der Waals surface area contributed by atoms with Crippen LogP contribution in [-0.2, 0) is 14.2 Å². The zero-order valence-corrected chi connectivity index (χ0v) is 23.7. The highest BCUT2D eigenvalue weighted by Crippen LogP contribution is 2.70. The first-order valence-electron chi connectivity index (χ1n) is 15.7. The van der Waals surface area contributed by atoms with Gasteiger partial charge in [-0.2, -0.15) is 0 Å². The van der Waals surface area contributed by atoms with Crippen LogP contribution in [0.3, 0.4) is 0 Å². The second-order valence-electron chi connectivity index (χ2n) is 14.7. The Balaban J connectivity index is 1.07. The first-order chi connectivity index (χ1) is 17.7. The summed E-state index contributed by atoms with van der Waals surface area (Å²) in [7, 11) is 0.